The van der Waals surface area contributed by atoms with Crippen LogP contribution in [0.1, 0.15) is 29.4 Å². The number of hydrogen-bond donors (Lipinski definition) is 1. The molecule has 2 atom stereocenters. The van der Waals surface area contributed by atoms with Crippen molar-refractivity contribution in [2.75, 3.05) is 25.5 Å². The lowest BCUT2D eigenvalue weighted by Gasteiger charge is -2.43. The van der Waals surface area contributed by atoms with Gasteiger partial charge in [0.05, 0.1) is 25.3 Å². The largest absolute Gasteiger partial charge is 0.497 e. The smallest absolute Gasteiger partial charge is 0.417 e. The number of aryl methyl sites for hydroxylation is 1. The van der Waals surface area contributed by atoms with Crippen LogP contribution in [-0.2, 0) is 13.2 Å². The van der Waals surface area contributed by atoms with Crippen LogP contribution in [0.5, 0.6) is 5.75 Å². The quantitative estimate of drug-likeness (QED) is 0.455. The highest BCUT2D eigenvalue weighted by molar-refractivity contribution is 5.99. The van der Waals surface area contributed by atoms with Crippen molar-refractivity contribution in [2.45, 2.75) is 31.5 Å². The fraction of sp³-hybridized carbons (Fsp3) is 0.400. The van der Waals surface area contributed by atoms with Crippen molar-refractivity contribution in [3.05, 3.63) is 60.0 Å². The number of pyridine rings is 1. The first-order valence-electron chi connectivity index (χ1n) is 11.5. The van der Waals surface area contributed by atoms with E-state index in [1.807, 2.05) is 0 Å². The Labute approximate surface area is 210 Å². The molecule has 1 saturated heterocycles. The number of hydrogen-bond acceptors (Lipinski definition) is 5. The Hall–Kier alpha value is -3.70. The van der Waals surface area contributed by atoms with Gasteiger partial charge in [0.15, 0.2) is 5.69 Å². The van der Waals surface area contributed by atoms with Crippen molar-refractivity contribution < 1.29 is 31.5 Å². The van der Waals surface area contributed by atoms with Crippen LogP contribution in [0, 0.1) is 5.92 Å². The summed E-state index contributed by atoms with van der Waals surface area (Å²) in [5.74, 6) is -3.69. The van der Waals surface area contributed by atoms with Crippen molar-refractivity contribution in [1.82, 2.24) is 19.7 Å². The number of aromatic nitrogens is 3. The maximum absolute atomic E-state index is 14.6. The number of carbonyl (C=O) groups excluding carboxylic acids is 1. The number of halogens is 5. The molecule has 37 heavy (non-hydrogen) atoms. The molecule has 3 aromatic rings. The van der Waals surface area contributed by atoms with E-state index in [1.54, 1.807) is 44.4 Å². The Kier molecular flexibility index (Phi) is 7.11. The molecule has 0 saturated carbocycles. The van der Waals surface area contributed by atoms with Crippen molar-refractivity contribution in [1.29, 1.82) is 0 Å². The highest BCUT2D eigenvalue weighted by Gasteiger charge is 2.46. The van der Waals surface area contributed by atoms with Crippen LogP contribution in [-0.4, -0.2) is 57.7 Å². The molecular formula is C25H26F5N5O2. The number of amides is 1. The fourth-order valence-corrected chi connectivity index (χ4v) is 4.54. The molecule has 12 heteroatoms. The predicted octanol–water partition coefficient (Wildman–Crippen LogP) is 5.11. The Bertz CT molecular complexity index is 1260. The molecule has 198 valence electrons. The molecule has 1 fully saturated rings. The van der Waals surface area contributed by atoms with Crippen LogP contribution < -0.4 is 10.1 Å². The minimum atomic E-state index is -4.53. The Morgan fingerprint density at radius 3 is 2.65 bits per heavy atom. The number of alkyl halides is 5. The van der Waals surface area contributed by atoms with Crippen molar-refractivity contribution in [3.63, 3.8) is 0 Å². The van der Waals surface area contributed by atoms with E-state index >= 15 is 0 Å². The fourth-order valence-electron chi connectivity index (χ4n) is 4.54. The SMILES string of the molecule is COc1cccc(-c2cn(C)nc2C(=O)N2CC(F)(F)C[C@@H](C)C2CNc2ccc(C(F)(F)F)cn2)c1. The molecule has 1 amide bonds. The van der Waals surface area contributed by atoms with Crippen LogP contribution in [0.4, 0.5) is 27.8 Å². The van der Waals surface area contributed by atoms with Gasteiger partial charge in [-0.1, -0.05) is 19.1 Å². The van der Waals surface area contributed by atoms with Crippen LogP contribution in [0.15, 0.2) is 48.8 Å². The van der Waals surface area contributed by atoms with Crippen LogP contribution in [0.25, 0.3) is 11.1 Å². The molecule has 1 aliphatic rings. The molecule has 0 bridgehead atoms. The zero-order chi connectivity index (χ0) is 27.0. The molecular weight excluding hydrogens is 497 g/mol. The lowest BCUT2D eigenvalue weighted by Crippen LogP contribution is -2.57. The number of nitrogens with one attached hydrogen (secondary N) is 1. The monoisotopic (exact) mass is 523 g/mol. The van der Waals surface area contributed by atoms with Gasteiger partial charge in [-0.15, -0.1) is 0 Å². The van der Waals surface area contributed by atoms with Gasteiger partial charge in [-0.3, -0.25) is 9.48 Å². The third-order valence-electron chi connectivity index (χ3n) is 6.34. The maximum Gasteiger partial charge on any atom is 0.417 e. The maximum atomic E-state index is 14.6. The average Bonchev–Trinajstić information content (AvgIpc) is 3.23. The number of methoxy groups -OCH3 is 1. The topological polar surface area (TPSA) is 72.3 Å². The molecule has 1 unspecified atom stereocenters. The van der Waals surface area contributed by atoms with Gasteiger partial charge < -0.3 is 15.0 Å². The standard InChI is InChI=1S/C25H26F5N5O2/c1-15-10-24(26,27)14-35(20(15)12-32-21-8-7-17(11-31-21)25(28,29)30)23(36)22-19(13-34(2)33-22)16-5-4-6-18(9-16)37-3/h4-9,11,13,15,20H,10,12,14H2,1-3H3,(H,31,32)/t15-,20?/m1/s1. The van der Waals surface area contributed by atoms with Gasteiger partial charge in [-0.05, 0) is 35.7 Å². The number of rotatable bonds is 6. The summed E-state index contributed by atoms with van der Waals surface area (Å²) < 4.78 is 74.4. The summed E-state index contributed by atoms with van der Waals surface area (Å²) in [6.45, 7) is 0.820. The summed E-state index contributed by atoms with van der Waals surface area (Å²) in [6, 6.07) is 8.33. The van der Waals surface area contributed by atoms with E-state index in [0.29, 0.717) is 23.1 Å². The summed E-state index contributed by atoms with van der Waals surface area (Å²) in [6.07, 6.45) is -2.64. The zero-order valence-electron chi connectivity index (χ0n) is 20.4. The number of anilines is 1. The van der Waals surface area contributed by atoms with Gasteiger partial charge in [0.2, 0.25) is 0 Å². The van der Waals surface area contributed by atoms with E-state index < -0.39 is 48.5 Å². The average molecular weight is 524 g/mol. The number of ether oxygens (including phenoxy) is 1. The van der Waals surface area contributed by atoms with Crippen molar-refractivity contribution >= 4 is 11.7 Å². The normalized spacial score (nSPS) is 19.5. The number of nitrogens with zero attached hydrogens (tertiary/aromatic N) is 4. The van der Waals surface area contributed by atoms with Gasteiger partial charge in [0.25, 0.3) is 11.8 Å². The number of benzene rings is 1. The van der Waals surface area contributed by atoms with Gasteiger partial charge in [-0.25, -0.2) is 13.8 Å². The summed E-state index contributed by atoms with van der Waals surface area (Å²) in [5.41, 5.74) is 0.208. The van der Waals surface area contributed by atoms with Gasteiger partial charge in [0, 0.05) is 38.0 Å². The number of piperidine rings is 1. The van der Waals surface area contributed by atoms with E-state index in [9.17, 15) is 26.7 Å². The van der Waals surface area contributed by atoms with E-state index in [4.69, 9.17) is 4.74 Å². The van der Waals surface area contributed by atoms with Gasteiger partial charge in [0.1, 0.15) is 11.6 Å². The molecule has 2 aromatic heterocycles. The summed E-state index contributed by atoms with van der Waals surface area (Å²) in [5, 5.41) is 7.17. The van der Waals surface area contributed by atoms with Crippen LogP contribution in [0.3, 0.4) is 0 Å². The van der Waals surface area contributed by atoms with Gasteiger partial charge >= 0.3 is 6.18 Å². The van der Waals surface area contributed by atoms with Crippen molar-refractivity contribution in [3.8, 4) is 16.9 Å². The zero-order valence-corrected chi connectivity index (χ0v) is 20.4. The summed E-state index contributed by atoms with van der Waals surface area (Å²) in [4.78, 5) is 18.6. The first kappa shape index (κ1) is 26.4. The second-order valence-electron chi connectivity index (χ2n) is 9.15. The van der Waals surface area contributed by atoms with Crippen molar-refractivity contribution in [2.24, 2.45) is 13.0 Å². The second-order valence-corrected chi connectivity index (χ2v) is 9.15. The third-order valence-corrected chi connectivity index (χ3v) is 6.34. The van der Waals surface area contributed by atoms with E-state index in [-0.39, 0.29) is 18.1 Å². The van der Waals surface area contributed by atoms with E-state index in [1.165, 1.54) is 11.8 Å². The lowest BCUT2D eigenvalue weighted by molar-refractivity contribution is -0.137. The molecule has 0 radical (unpaired) electrons. The first-order valence-corrected chi connectivity index (χ1v) is 11.5. The number of carbonyl (C=O) groups is 1. The minimum Gasteiger partial charge on any atom is -0.497 e. The van der Waals surface area contributed by atoms with E-state index in [0.717, 1.165) is 17.0 Å². The highest BCUT2D eigenvalue weighted by Crippen LogP contribution is 2.37. The molecule has 3 heterocycles. The van der Waals surface area contributed by atoms with Crippen LogP contribution >= 0.6 is 0 Å². The molecule has 0 spiro atoms. The Morgan fingerprint density at radius 2 is 2.00 bits per heavy atom. The molecule has 4 rings (SSSR count). The van der Waals surface area contributed by atoms with E-state index in [2.05, 4.69) is 15.4 Å². The summed E-state index contributed by atoms with van der Waals surface area (Å²) >= 11 is 0. The second kappa shape index (κ2) is 9.98. The molecule has 1 aromatic carbocycles. The van der Waals surface area contributed by atoms with Gasteiger partial charge in [-0.2, -0.15) is 18.3 Å². The minimum absolute atomic E-state index is 0.0123. The molecule has 1 aliphatic heterocycles. The third kappa shape index (κ3) is 5.83. The Morgan fingerprint density at radius 1 is 1.24 bits per heavy atom. The number of likely N-dealkylation sites (tertiary alicyclic amines) is 1. The Balaban J connectivity index is 1.62. The highest BCUT2D eigenvalue weighted by atomic mass is 19.4. The van der Waals surface area contributed by atoms with Crippen LogP contribution in [0.2, 0.25) is 0 Å². The molecule has 0 aliphatic carbocycles. The summed E-state index contributed by atoms with van der Waals surface area (Å²) in [7, 11) is 3.14. The molecule has 1 N–H and O–H groups in total. The first-order chi connectivity index (χ1) is 17.4. The lowest BCUT2D eigenvalue weighted by atomic mass is 9.88. The predicted molar refractivity (Wildman–Crippen MR) is 126 cm³/mol. The molecule has 7 nitrogen and oxygen atoms in total.